The summed E-state index contributed by atoms with van der Waals surface area (Å²) in [4.78, 5) is 17.3. The second-order valence-corrected chi connectivity index (χ2v) is 9.59. The fourth-order valence-electron chi connectivity index (χ4n) is 3.94. The summed E-state index contributed by atoms with van der Waals surface area (Å²) in [5.41, 5.74) is 4.56. The van der Waals surface area contributed by atoms with E-state index in [0.717, 1.165) is 48.4 Å². The van der Waals surface area contributed by atoms with Gasteiger partial charge in [-0.15, -0.1) is 10.2 Å². The third-order valence-electron chi connectivity index (χ3n) is 5.87. The first-order chi connectivity index (χ1) is 16.5. The van der Waals surface area contributed by atoms with Crippen LogP contribution in [0.3, 0.4) is 0 Å². The van der Waals surface area contributed by atoms with Crippen molar-refractivity contribution in [3.05, 3.63) is 65.2 Å². The molecule has 0 radical (unpaired) electrons. The molecule has 3 aromatic rings. The van der Waals surface area contributed by atoms with Gasteiger partial charge in [0.15, 0.2) is 5.16 Å². The van der Waals surface area contributed by atoms with Gasteiger partial charge >= 0.3 is 0 Å². The van der Waals surface area contributed by atoms with Gasteiger partial charge in [-0.25, -0.2) is 0 Å². The van der Waals surface area contributed by atoms with Gasteiger partial charge in [-0.3, -0.25) is 9.36 Å². The van der Waals surface area contributed by atoms with E-state index in [2.05, 4.69) is 89.0 Å². The molecule has 0 saturated carbocycles. The molecule has 0 aliphatic carbocycles. The van der Waals surface area contributed by atoms with Crippen molar-refractivity contribution in [1.82, 2.24) is 19.7 Å². The van der Waals surface area contributed by atoms with Crippen LogP contribution in [-0.2, 0) is 16.1 Å². The Morgan fingerprint density at radius 1 is 1.00 bits per heavy atom. The number of aromatic nitrogens is 3. The summed E-state index contributed by atoms with van der Waals surface area (Å²) in [5, 5.41) is 9.72. The van der Waals surface area contributed by atoms with Crippen molar-refractivity contribution in [3.8, 4) is 5.69 Å². The highest BCUT2D eigenvalue weighted by Gasteiger charge is 2.23. The Balaban J connectivity index is 1.52. The average molecular weight is 480 g/mol. The molecule has 34 heavy (non-hydrogen) atoms. The van der Waals surface area contributed by atoms with Gasteiger partial charge in [-0.2, -0.15) is 0 Å². The third-order valence-corrected chi connectivity index (χ3v) is 6.78. The maximum absolute atomic E-state index is 13.2. The molecule has 0 N–H and O–H groups in total. The van der Waals surface area contributed by atoms with Crippen molar-refractivity contribution in [3.63, 3.8) is 0 Å². The van der Waals surface area contributed by atoms with Crippen LogP contribution in [0.2, 0.25) is 0 Å². The molecular formula is C26H33N5O2S. The summed E-state index contributed by atoms with van der Waals surface area (Å²) < 4.78 is 7.58. The molecule has 2 aromatic carbocycles. The minimum atomic E-state index is 0.110. The topological polar surface area (TPSA) is 63.5 Å². The SMILES string of the molecule is CCCN(Cc1ccc(C)cc1)C(=O)CSc1nnc(N2CCOCC2)n1-c1ccc(C)cc1. The zero-order valence-electron chi connectivity index (χ0n) is 20.2. The predicted octanol–water partition coefficient (Wildman–Crippen LogP) is 4.25. The lowest BCUT2D eigenvalue weighted by Gasteiger charge is -2.28. The van der Waals surface area contributed by atoms with E-state index >= 15 is 0 Å². The fourth-order valence-corrected chi connectivity index (χ4v) is 4.79. The molecule has 1 aliphatic heterocycles. The number of hydrogen-bond donors (Lipinski definition) is 0. The Labute approximate surface area is 206 Å². The Hall–Kier alpha value is -2.84. The van der Waals surface area contributed by atoms with Crippen molar-refractivity contribution >= 4 is 23.6 Å². The number of ether oxygens (including phenoxy) is 1. The summed E-state index contributed by atoms with van der Waals surface area (Å²) in [6.07, 6.45) is 0.920. The van der Waals surface area contributed by atoms with Crippen LogP contribution in [0.4, 0.5) is 5.95 Å². The molecule has 4 rings (SSSR count). The zero-order chi connectivity index (χ0) is 23.9. The molecule has 1 amide bonds. The number of amides is 1. The molecule has 1 aromatic heterocycles. The van der Waals surface area contributed by atoms with E-state index in [1.54, 1.807) is 0 Å². The third kappa shape index (κ3) is 5.98. The quantitative estimate of drug-likeness (QED) is 0.428. The van der Waals surface area contributed by atoms with E-state index in [1.807, 2.05) is 4.90 Å². The number of carbonyl (C=O) groups is 1. The van der Waals surface area contributed by atoms with Crippen LogP contribution in [-0.4, -0.2) is 64.2 Å². The van der Waals surface area contributed by atoms with Crippen molar-refractivity contribution in [2.45, 2.75) is 38.9 Å². The van der Waals surface area contributed by atoms with E-state index in [9.17, 15) is 4.79 Å². The lowest BCUT2D eigenvalue weighted by molar-refractivity contribution is -0.129. The van der Waals surface area contributed by atoms with Gasteiger partial charge in [0.2, 0.25) is 11.9 Å². The first-order valence-electron chi connectivity index (χ1n) is 11.9. The molecule has 1 saturated heterocycles. The van der Waals surface area contributed by atoms with Gasteiger partial charge in [0.05, 0.1) is 24.7 Å². The summed E-state index contributed by atoms with van der Waals surface area (Å²) in [6.45, 7) is 10.5. The van der Waals surface area contributed by atoms with Crippen molar-refractivity contribution in [2.24, 2.45) is 0 Å². The first kappa shape index (κ1) is 24.3. The monoisotopic (exact) mass is 479 g/mol. The maximum Gasteiger partial charge on any atom is 0.233 e. The van der Waals surface area contributed by atoms with E-state index in [1.165, 1.54) is 22.9 Å². The van der Waals surface area contributed by atoms with Crippen LogP contribution in [0.15, 0.2) is 53.7 Å². The minimum absolute atomic E-state index is 0.110. The molecule has 0 unspecified atom stereocenters. The number of morpholine rings is 1. The van der Waals surface area contributed by atoms with E-state index in [4.69, 9.17) is 4.74 Å². The Kier molecular flexibility index (Phi) is 8.24. The average Bonchev–Trinajstić information content (AvgIpc) is 3.28. The Bertz CT molecular complexity index is 1080. The van der Waals surface area contributed by atoms with Gasteiger partial charge in [-0.1, -0.05) is 66.2 Å². The maximum atomic E-state index is 13.2. The zero-order valence-corrected chi connectivity index (χ0v) is 21.1. The molecule has 180 valence electrons. The number of benzene rings is 2. The number of nitrogens with zero attached hydrogens (tertiary/aromatic N) is 5. The lowest BCUT2D eigenvalue weighted by atomic mass is 10.1. The fraction of sp³-hybridized carbons (Fsp3) is 0.423. The highest BCUT2D eigenvalue weighted by Crippen LogP contribution is 2.28. The molecule has 8 heteroatoms. The van der Waals surface area contributed by atoms with Gasteiger partial charge in [0.1, 0.15) is 0 Å². The molecular weight excluding hydrogens is 446 g/mol. The molecule has 2 heterocycles. The van der Waals surface area contributed by atoms with E-state index in [-0.39, 0.29) is 5.91 Å². The number of anilines is 1. The van der Waals surface area contributed by atoms with Gasteiger partial charge in [0.25, 0.3) is 0 Å². The van der Waals surface area contributed by atoms with Crippen LogP contribution in [0.25, 0.3) is 5.69 Å². The Morgan fingerprint density at radius 3 is 2.29 bits per heavy atom. The standard InChI is InChI=1S/C26H33N5O2S/c1-4-13-30(18-22-9-5-20(2)6-10-22)24(32)19-34-26-28-27-25(29-14-16-33-17-15-29)31(26)23-11-7-21(3)8-12-23/h5-12H,4,13-19H2,1-3H3. The van der Waals surface area contributed by atoms with Gasteiger partial charge in [0, 0.05) is 26.2 Å². The van der Waals surface area contributed by atoms with E-state index < -0.39 is 0 Å². The number of thioether (sulfide) groups is 1. The van der Waals surface area contributed by atoms with Crippen LogP contribution in [0, 0.1) is 13.8 Å². The Morgan fingerprint density at radius 2 is 1.65 bits per heavy atom. The smallest absolute Gasteiger partial charge is 0.233 e. The van der Waals surface area contributed by atoms with Crippen LogP contribution in [0.5, 0.6) is 0 Å². The lowest BCUT2D eigenvalue weighted by Crippen LogP contribution is -2.38. The number of carbonyl (C=O) groups excluding carboxylic acids is 1. The van der Waals surface area contributed by atoms with Crippen molar-refractivity contribution < 1.29 is 9.53 Å². The largest absolute Gasteiger partial charge is 0.378 e. The number of aryl methyl sites for hydroxylation is 2. The molecule has 0 atom stereocenters. The van der Waals surface area contributed by atoms with Crippen LogP contribution < -0.4 is 4.90 Å². The summed E-state index contributed by atoms with van der Waals surface area (Å²) in [5.74, 6) is 1.23. The van der Waals surface area contributed by atoms with Gasteiger partial charge < -0.3 is 14.5 Å². The van der Waals surface area contributed by atoms with E-state index in [0.29, 0.717) is 25.5 Å². The molecule has 1 fully saturated rings. The molecule has 0 bridgehead atoms. The normalized spacial score (nSPS) is 13.8. The highest BCUT2D eigenvalue weighted by molar-refractivity contribution is 7.99. The van der Waals surface area contributed by atoms with Gasteiger partial charge in [-0.05, 0) is 38.0 Å². The molecule has 0 spiro atoms. The van der Waals surface area contributed by atoms with Crippen LogP contribution in [0.1, 0.15) is 30.0 Å². The second-order valence-electron chi connectivity index (χ2n) is 8.64. The number of hydrogen-bond acceptors (Lipinski definition) is 6. The van der Waals surface area contributed by atoms with Crippen LogP contribution >= 0.6 is 11.8 Å². The minimum Gasteiger partial charge on any atom is -0.378 e. The summed E-state index contributed by atoms with van der Waals surface area (Å²) >= 11 is 1.45. The predicted molar refractivity (Wildman–Crippen MR) is 137 cm³/mol. The molecule has 1 aliphatic rings. The second kappa shape index (κ2) is 11.5. The molecule has 7 nitrogen and oxygen atoms in total. The highest BCUT2D eigenvalue weighted by atomic mass is 32.2. The number of rotatable bonds is 9. The first-order valence-corrected chi connectivity index (χ1v) is 12.8. The van der Waals surface area contributed by atoms with Crippen molar-refractivity contribution in [2.75, 3.05) is 43.5 Å². The summed E-state index contributed by atoms with van der Waals surface area (Å²) in [7, 11) is 0. The van der Waals surface area contributed by atoms with Crippen molar-refractivity contribution in [1.29, 1.82) is 0 Å². The summed E-state index contributed by atoms with van der Waals surface area (Å²) in [6, 6.07) is 16.7.